The Hall–Kier alpha value is -2.76. The summed E-state index contributed by atoms with van der Waals surface area (Å²) >= 11 is 7.46. The molecule has 4 heterocycles. The van der Waals surface area contributed by atoms with Gasteiger partial charge >= 0.3 is 0 Å². The van der Waals surface area contributed by atoms with E-state index in [0.29, 0.717) is 0 Å². The van der Waals surface area contributed by atoms with Crippen LogP contribution in [0.3, 0.4) is 0 Å². The van der Waals surface area contributed by atoms with E-state index in [1.165, 1.54) is 61.3 Å². The zero-order valence-corrected chi connectivity index (χ0v) is 22.1. The van der Waals surface area contributed by atoms with Crippen molar-refractivity contribution < 1.29 is 0 Å². The molecule has 4 heteroatoms. The molecule has 166 valence electrons. The topological polar surface area (TPSA) is 0 Å². The summed E-state index contributed by atoms with van der Waals surface area (Å²) in [4.78, 5) is 10.8. The van der Waals surface area contributed by atoms with Crippen LogP contribution in [0.1, 0.15) is 9.75 Å². The summed E-state index contributed by atoms with van der Waals surface area (Å²) in [6.07, 6.45) is 0. The van der Waals surface area contributed by atoms with Gasteiger partial charge in [0.05, 0.1) is 0 Å². The molecule has 0 spiro atoms. The molecule has 0 bridgehead atoms. The maximum atomic E-state index is 2.24. The van der Waals surface area contributed by atoms with Crippen molar-refractivity contribution in [2.45, 2.75) is 13.8 Å². The van der Waals surface area contributed by atoms with Crippen molar-refractivity contribution in [3.63, 3.8) is 0 Å². The highest BCUT2D eigenvalue weighted by molar-refractivity contribution is 7.24. The van der Waals surface area contributed by atoms with Gasteiger partial charge in [0.2, 0.25) is 0 Å². The van der Waals surface area contributed by atoms with Crippen LogP contribution in [0.25, 0.3) is 51.5 Å². The number of thiophene rings is 4. The SMILES string of the molecule is Cc1ccc(-c2ccc(-c3ccc(-c4ccc(-c5ccc(-c6ccc(C)s6)s5)cc4)cc3)s2)s1. The highest BCUT2D eigenvalue weighted by atomic mass is 32.1. The van der Waals surface area contributed by atoms with Gasteiger partial charge in [0.25, 0.3) is 0 Å². The second-order valence-corrected chi connectivity index (χ2v) is 13.0. The van der Waals surface area contributed by atoms with Gasteiger partial charge in [-0.25, -0.2) is 0 Å². The first-order chi connectivity index (χ1) is 16.6. The van der Waals surface area contributed by atoms with Crippen molar-refractivity contribution in [2.24, 2.45) is 0 Å². The predicted octanol–water partition coefficient (Wildman–Crippen LogP) is 10.9. The summed E-state index contributed by atoms with van der Waals surface area (Å²) in [6, 6.07) is 35.7. The molecule has 0 radical (unpaired) electrons. The van der Waals surface area contributed by atoms with Crippen LogP contribution in [0.2, 0.25) is 0 Å². The Balaban J connectivity index is 1.20. The zero-order valence-electron chi connectivity index (χ0n) is 18.9. The van der Waals surface area contributed by atoms with Crippen molar-refractivity contribution in [3.05, 3.63) is 107 Å². The first-order valence-electron chi connectivity index (χ1n) is 11.2. The van der Waals surface area contributed by atoms with Gasteiger partial charge in [-0.2, -0.15) is 0 Å². The predicted molar refractivity (Wildman–Crippen MR) is 155 cm³/mol. The minimum absolute atomic E-state index is 1.25. The molecule has 6 aromatic rings. The van der Waals surface area contributed by atoms with Gasteiger partial charge in [0.1, 0.15) is 0 Å². The van der Waals surface area contributed by atoms with Crippen LogP contribution in [-0.2, 0) is 0 Å². The Morgan fingerprint density at radius 2 is 0.588 bits per heavy atom. The lowest BCUT2D eigenvalue weighted by Gasteiger charge is -2.05. The third-order valence-electron chi connectivity index (χ3n) is 5.85. The van der Waals surface area contributed by atoms with E-state index in [1.54, 1.807) is 0 Å². The van der Waals surface area contributed by atoms with E-state index in [2.05, 4.69) is 111 Å². The van der Waals surface area contributed by atoms with Crippen LogP contribution >= 0.6 is 45.3 Å². The first kappa shape index (κ1) is 21.8. The lowest BCUT2D eigenvalue weighted by atomic mass is 10.0. The standard InChI is InChI=1S/C30H22S4/c1-19-3-13-27(31-19)29-17-15-25(33-29)23-9-5-21(6-10-23)22-7-11-24(12-8-22)26-16-18-30(34-26)28-14-4-20(2)32-28/h3-18H,1-2H3. The van der Waals surface area contributed by atoms with E-state index in [1.807, 2.05) is 45.3 Å². The first-order valence-corrected chi connectivity index (χ1v) is 14.4. The molecule has 0 amide bonds. The lowest BCUT2D eigenvalue weighted by Crippen LogP contribution is -1.79. The highest BCUT2D eigenvalue weighted by Crippen LogP contribution is 2.39. The Labute approximate surface area is 216 Å². The lowest BCUT2D eigenvalue weighted by molar-refractivity contribution is 1.61. The molecular formula is C30H22S4. The van der Waals surface area contributed by atoms with Gasteiger partial charge in [-0.3, -0.25) is 0 Å². The second-order valence-electron chi connectivity index (χ2n) is 8.30. The molecule has 0 saturated carbocycles. The van der Waals surface area contributed by atoms with E-state index in [-0.39, 0.29) is 0 Å². The maximum absolute atomic E-state index is 2.24. The summed E-state index contributed by atoms with van der Waals surface area (Å²) in [5.74, 6) is 0. The zero-order chi connectivity index (χ0) is 23.1. The molecule has 0 atom stereocenters. The Kier molecular flexibility index (Phi) is 5.84. The van der Waals surface area contributed by atoms with Crippen LogP contribution in [0.4, 0.5) is 0 Å². The molecule has 0 fully saturated rings. The normalized spacial score (nSPS) is 11.2. The van der Waals surface area contributed by atoms with Crippen molar-refractivity contribution in [1.82, 2.24) is 0 Å². The van der Waals surface area contributed by atoms with E-state index in [9.17, 15) is 0 Å². The van der Waals surface area contributed by atoms with E-state index in [4.69, 9.17) is 0 Å². The summed E-state index contributed by atoms with van der Waals surface area (Å²) in [5, 5.41) is 0. The Morgan fingerprint density at radius 1 is 0.294 bits per heavy atom. The van der Waals surface area contributed by atoms with Gasteiger partial charge in [-0.15, -0.1) is 45.3 Å². The fourth-order valence-corrected chi connectivity index (χ4v) is 7.98. The molecule has 0 N–H and O–H groups in total. The molecule has 0 aliphatic rings. The molecule has 0 aliphatic carbocycles. The smallest absolute Gasteiger partial charge is 0.0449 e. The van der Waals surface area contributed by atoms with Crippen LogP contribution in [0.15, 0.2) is 97.1 Å². The molecule has 2 aromatic carbocycles. The Morgan fingerprint density at radius 3 is 0.941 bits per heavy atom. The van der Waals surface area contributed by atoms with Gasteiger partial charge in [0.15, 0.2) is 0 Å². The van der Waals surface area contributed by atoms with Gasteiger partial charge in [0, 0.05) is 39.0 Å². The van der Waals surface area contributed by atoms with Crippen molar-refractivity contribution in [2.75, 3.05) is 0 Å². The maximum Gasteiger partial charge on any atom is 0.0449 e. The average molecular weight is 511 g/mol. The number of hydrogen-bond donors (Lipinski definition) is 0. The minimum Gasteiger partial charge on any atom is -0.140 e. The van der Waals surface area contributed by atoms with E-state index >= 15 is 0 Å². The fourth-order valence-electron chi connectivity index (χ4n) is 4.04. The highest BCUT2D eigenvalue weighted by Gasteiger charge is 2.09. The van der Waals surface area contributed by atoms with Gasteiger partial charge in [-0.05, 0) is 84.6 Å². The molecule has 0 saturated heterocycles. The van der Waals surface area contributed by atoms with Crippen LogP contribution in [-0.4, -0.2) is 0 Å². The van der Waals surface area contributed by atoms with E-state index in [0.717, 1.165) is 0 Å². The van der Waals surface area contributed by atoms with Crippen LogP contribution < -0.4 is 0 Å². The second kappa shape index (κ2) is 9.12. The summed E-state index contributed by atoms with van der Waals surface area (Å²) in [6.45, 7) is 4.33. The molecule has 0 nitrogen and oxygen atoms in total. The molecule has 0 aliphatic heterocycles. The average Bonchev–Trinajstić information content (AvgIpc) is 3.66. The molecular weight excluding hydrogens is 489 g/mol. The van der Waals surface area contributed by atoms with Crippen LogP contribution in [0.5, 0.6) is 0 Å². The number of aryl methyl sites for hydroxylation is 2. The van der Waals surface area contributed by atoms with Crippen molar-refractivity contribution in [3.8, 4) is 51.5 Å². The number of benzene rings is 2. The summed E-state index contributed by atoms with van der Waals surface area (Å²) in [5.41, 5.74) is 5.06. The fraction of sp³-hybridized carbons (Fsp3) is 0.0667. The monoisotopic (exact) mass is 510 g/mol. The Bertz CT molecular complexity index is 1430. The number of hydrogen-bond acceptors (Lipinski definition) is 4. The van der Waals surface area contributed by atoms with Crippen molar-refractivity contribution in [1.29, 1.82) is 0 Å². The quantitative estimate of drug-likeness (QED) is 0.216. The summed E-state index contributed by atoms with van der Waals surface area (Å²) < 4.78 is 0. The number of rotatable bonds is 5. The molecule has 6 rings (SSSR count). The largest absolute Gasteiger partial charge is 0.140 e. The summed E-state index contributed by atoms with van der Waals surface area (Å²) in [7, 11) is 0. The van der Waals surface area contributed by atoms with Crippen molar-refractivity contribution >= 4 is 45.3 Å². The van der Waals surface area contributed by atoms with Crippen LogP contribution in [0, 0.1) is 13.8 Å². The molecule has 0 unspecified atom stereocenters. The third-order valence-corrected chi connectivity index (χ3v) is 10.5. The van der Waals surface area contributed by atoms with E-state index < -0.39 is 0 Å². The van der Waals surface area contributed by atoms with Gasteiger partial charge < -0.3 is 0 Å². The minimum atomic E-state index is 1.25. The molecule has 4 aromatic heterocycles. The third kappa shape index (κ3) is 4.35. The van der Waals surface area contributed by atoms with Gasteiger partial charge in [-0.1, -0.05) is 48.5 Å². The molecule has 34 heavy (non-hydrogen) atoms.